The lowest BCUT2D eigenvalue weighted by atomic mass is 10.0. The Kier molecular flexibility index (Phi) is 5.44. The number of carbonyl (C=O) groups is 1. The summed E-state index contributed by atoms with van der Waals surface area (Å²) < 4.78 is 18.8. The smallest absolute Gasteiger partial charge is 0.338 e. The first-order valence-corrected chi connectivity index (χ1v) is 8.25. The SMILES string of the molecule is COC(=O)c1cc(F)c(Cl)c(N=C(c2ccccc2)c2ccccc2)c1. The van der Waals surface area contributed by atoms with Gasteiger partial charge in [0, 0.05) is 11.1 Å². The number of rotatable bonds is 4. The minimum Gasteiger partial charge on any atom is -0.465 e. The molecule has 0 N–H and O–H groups in total. The molecular formula is C21H15ClFNO2. The molecule has 0 aliphatic heterocycles. The molecule has 0 radical (unpaired) electrons. The molecule has 0 spiro atoms. The van der Waals surface area contributed by atoms with Gasteiger partial charge >= 0.3 is 5.97 Å². The second-order valence-electron chi connectivity index (χ2n) is 5.48. The summed E-state index contributed by atoms with van der Waals surface area (Å²) in [6.45, 7) is 0. The predicted octanol–water partition coefficient (Wildman–Crippen LogP) is 5.43. The highest BCUT2D eigenvalue weighted by Gasteiger charge is 2.15. The molecule has 0 atom stereocenters. The van der Waals surface area contributed by atoms with Crippen molar-refractivity contribution in [1.29, 1.82) is 0 Å². The quantitative estimate of drug-likeness (QED) is 0.455. The van der Waals surface area contributed by atoms with Gasteiger partial charge in [-0.05, 0) is 12.1 Å². The number of hydrogen-bond acceptors (Lipinski definition) is 3. The summed E-state index contributed by atoms with van der Waals surface area (Å²) in [4.78, 5) is 16.3. The van der Waals surface area contributed by atoms with Crippen molar-refractivity contribution in [2.45, 2.75) is 0 Å². The van der Waals surface area contributed by atoms with Gasteiger partial charge in [-0.1, -0.05) is 72.3 Å². The molecule has 0 unspecified atom stereocenters. The van der Waals surface area contributed by atoms with Crippen LogP contribution in [0.4, 0.5) is 10.1 Å². The average molecular weight is 368 g/mol. The molecule has 0 saturated heterocycles. The molecule has 3 nitrogen and oxygen atoms in total. The van der Waals surface area contributed by atoms with Gasteiger partial charge in [-0.3, -0.25) is 0 Å². The number of halogens is 2. The number of aliphatic imine (C=N–C) groups is 1. The molecule has 130 valence electrons. The first-order chi connectivity index (χ1) is 12.6. The van der Waals surface area contributed by atoms with Crippen molar-refractivity contribution in [3.63, 3.8) is 0 Å². The first kappa shape index (κ1) is 17.8. The predicted molar refractivity (Wildman–Crippen MR) is 101 cm³/mol. The lowest BCUT2D eigenvalue weighted by molar-refractivity contribution is 0.0600. The van der Waals surface area contributed by atoms with Gasteiger partial charge in [0.05, 0.1) is 24.1 Å². The Bertz CT molecular complexity index is 915. The zero-order valence-corrected chi connectivity index (χ0v) is 14.7. The summed E-state index contributed by atoms with van der Waals surface area (Å²) in [5, 5.41) is -0.151. The summed E-state index contributed by atoms with van der Waals surface area (Å²) in [5.41, 5.74) is 2.52. The molecule has 0 aromatic heterocycles. The highest BCUT2D eigenvalue weighted by atomic mass is 35.5. The maximum atomic E-state index is 14.2. The van der Waals surface area contributed by atoms with Gasteiger partial charge in [0.25, 0.3) is 0 Å². The van der Waals surface area contributed by atoms with Crippen LogP contribution < -0.4 is 0 Å². The zero-order chi connectivity index (χ0) is 18.5. The molecule has 0 saturated carbocycles. The molecule has 0 heterocycles. The lowest BCUT2D eigenvalue weighted by Gasteiger charge is -2.10. The Balaban J connectivity index is 2.21. The van der Waals surface area contributed by atoms with Crippen LogP contribution in [0.25, 0.3) is 0 Å². The molecule has 3 aromatic rings. The van der Waals surface area contributed by atoms with Crippen LogP contribution in [-0.2, 0) is 4.74 Å². The van der Waals surface area contributed by atoms with Crippen molar-refractivity contribution in [2.24, 2.45) is 4.99 Å². The van der Waals surface area contributed by atoms with Crippen LogP contribution in [0.3, 0.4) is 0 Å². The molecule has 0 aliphatic rings. The number of ether oxygens (including phenoxy) is 1. The summed E-state index contributed by atoms with van der Waals surface area (Å²) >= 11 is 6.10. The lowest BCUT2D eigenvalue weighted by Crippen LogP contribution is -2.04. The molecule has 0 bridgehead atoms. The highest BCUT2D eigenvalue weighted by molar-refractivity contribution is 6.33. The minimum atomic E-state index is -0.728. The molecule has 0 fully saturated rings. The molecule has 0 aliphatic carbocycles. The van der Waals surface area contributed by atoms with Crippen LogP contribution in [0.15, 0.2) is 77.8 Å². The number of hydrogen-bond donors (Lipinski definition) is 0. The van der Waals surface area contributed by atoms with Gasteiger partial charge in [-0.25, -0.2) is 14.2 Å². The maximum absolute atomic E-state index is 14.2. The Hall–Kier alpha value is -2.98. The van der Waals surface area contributed by atoms with Gasteiger partial charge < -0.3 is 4.74 Å². The highest BCUT2D eigenvalue weighted by Crippen LogP contribution is 2.31. The molecule has 0 amide bonds. The third kappa shape index (κ3) is 3.81. The normalized spacial score (nSPS) is 10.3. The molecular weight excluding hydrogens is 353 g/mol. The van der Waals surface area contributed by atoms with Crippen molar-refractivity contribution in [3.8, 4) is 0 Å². The van der Waals surface area contributed by atoms with Gasteiger partial charge in [-0.15, -0.1) is 0 Å². The van der Waals surface area contributed by atoms with Gasteiger partial charge in [0.1, 0.15) is 10.8 Å². The summed E-state index contributed by atoms with van der Waals surface area (Å²) in [6.07, 6.45) is 0. The Morgan fingerprint density at radius 2 is 1.46 bits per heavy atom. The van der Waals surface area contributed by atoms with Gasteiger partial charge in [-0.2, -0.15) is 0 Å². The van der Waals surface area contributed by atoms with E-state index < -0.39 is 11.8 Å². The van der Waals surface area contributed by atoms with Crippen molar-refractivity contribution >= 4 is 29.0 Å². The largest absolute Gasteiger partial charge is 0.465 e. The third-order valence-corrected chi connectivity index (χ3v) is 4.13. The van der Waals surface area contributed by atoms with Crippen LogP contribution in [0.5, 0.6) is 0 Å². The van der Waals surface area contributed by atoms with Crippen LogP contribution >= 0.6 is 11.6 Å². The second-order valence-corrected chi connectivity index (χ2v) is 5.85. The molecule has 5 heteroatoms. The van der Waals surface area contributed by atoms with E-state index >= 15 is 0 Å². The number of nitrogens with zero attached hydrogens (tertiary/aromatic N) is 1. The van der Waals surface area contributed by atoms with Crippen LogP contribution in [0.2, 0.25) is 5.02 Å². The van der Waals surface area contributed by atoms with E-state index in [1.54, 1.807) is 0 Å². The van der Waals surface area contributed by atoms with Gasteiger partial charge in [0.2, 0.25) is 0 Å². The summed E-state index contributed by atoms with van der Waals surface area (Å²) in [6, 6.07) is 21.4. The fourth-order valence-electron chi connectivity index (χ4n) is 2.50. The first-order valence-electron chi connectivity index (χ1n) is 7.87. The number of carbonyl (C=O) groups excluding carboxylic acids is 1. The van der Waals surface area contributed by atoms with E-state index in [0.29, 0.717) is 5.71 Å². The standard InChI is InChI=1S/C21H15ClFNO2/c1-26-21(25)16-12-17(23)19(22)18(13-16)24-20(14-8-4-2-5-9-14)15-10-6-3-7-11-15/h2-13H,1H3. The Morgan fingerprint density at radius 1 is 0.923 bits per heavy atom. The fourth-order valence-corrected chi connectivity index (χ4v) is 2.65. The minimum absolute atomic E-state index is 0.0497. The topological polar surface area (TPSA) is 38.7 Å². The van der Waals surface area contributed by atoms with E-state index in [0.717, 1.165) is 17.2 Å². The number of benzene rings is 3. The van der Waals surface area contributed by atoms with E-state index in [1.807, 2.05) is 60.7 Å². The molecule has 26 heavy (non-hydrogen) atoms. The Labute approximate surface area is 155 Å². The third-order valence-electron chi connectivity index (χ3n) is 3.76. The zero-order valence-electron chi connectivity index (χ0n) is 13.9. The van der Waals surface area contributed by atoms with Crippen molar-refractivity contribution in [3.05, 3.63) is 100 Å². The van der Waals surface area contributed by atoms with Crippen molar-refractivity contribution in [1.82, 2.24) is 0 Å². The fraction of sp³-hybridized carbons (Fsp3) is 0.0476. The second kappa shape index (κ2) is 7.93. The average Bonchev–Trinajstić information content (AvgIpc) is 2.69. The molecule has 3 aromatic carbocycles. The molecule has 3 rings (SSSR count). The van der Waals surface area contributed by atoms with Crippen LogP contribution in [0.1, 0.15) is 21.5 Å². The van der Waals surface area contributed by atoms with Crippen LogP contribution in [-0.4, -0.2) is 18.8 Å². The van der Waals surface area contributed by atoms with Gasteiger partial charge in [0.15, 0.2) is 0 Å². The number of methoxy groups -OCH3 is 1. The summed E-state index contributed by atoms with van der Waals surface area (Å²) in [7, 11) is 1.23. The Morgan fingerprint density at radius 3 is 1.96 bits per heavy atom. The van der Waals surface area contributed by atoms with E-state index in [1.165, 1.54) is 13.2 Å². The van der Waals surface area contributed by atoms with Crippen molar-refractivity contribution in [2.75, 3.05) is 7.11 Å². The summed E-state index contributed by atoms with van der Waals surface area (Å²) in [5.74, 6) is -1.38. The number of esters is 1. The van der Waals surface area contributed by atoms with E-state index in [-0.39, 0.29) is 16.3 Å². The van der Waals surface area contributed by atoms with Crippen LogP contribution in [0, 0.1) is 5.82 Å². The maximum Gasteiger partial charge on any atom is 0.338 e. The van der Waals surface area contributed by atoms with Crippen molar-refractivity contribution < 1.29 is 13.9 Å². The van der Waals surface area contributed by atoms with E-state index in [9.17, 15) is 9.18 Å². The monoisotopic (exact) mass is 367 g/mol. The van der Waals surface area contributed by atoms with E-state index in [2.05, 4.69) is 9.73 Å². The van der Waals surface area contributed by atoms with E-state index in [4.69, 9.17) is 11.6 Å².